The summed E-state index contributed by atoms with van der Waals surface area (Å²) < 4.78 is 0. The van der Waals surface area contributed by atoms with Crippen LogP contribution in [0.25, 0.3) is 10.8 Å². The molecule has 0 heteroatoms. The van der Waals surface area contributed by atoms with Gasteiger partial charge in [-0.2, -0.15) is 0 Å². The molecule has 1 unspecified atom stereocenters. The second-order valence-corrected chi connectivity index (χ2v) is 7.69. The quantitative estimate of drug-likeness (QED) is 0.555. The Morgan fingerprint density at radius 3 is 2.54 bits per heavy atom. The SMILES string of the molecule is [c]1cccc2c1CC(c1cccc3ccccc13)(C1CCCC1)C2. The van der Waals surface area contributed by atoms with Gasteiger partial charge >= 0.3 is 0 Å². The fourth-order valence-electron chi connectivity index (χ4n) is 5.39. The molecule has 0 bridgehead atoms. The maximum Gasteiger partial charge on any atom is 0.00684 e. The molecular formula is C24H23. The summed E-state index contributed by atoms with van der Waals surface area (Å²) in [5.74, 6) is 0.809. The van der Waals surface area contributed by atoms with E-state index in [4.69, 9.17) is 0 Å². The van der Waals surface area contributed by atoms with Gasteiger partial charge in [0.15, 0.2) is 0 Å². The smallest absolute Gasteiger partial charge is 0.00684 e. The number of benzene rings is 3. The van der Waals surface area contributed by atoms with E-state index < -0.39 is 0 Å². The van der Waals surface area contributed by atoms with Gasteiger partial charge in [-0.25, -0.2) is 0 Å². The molecule has 1 saturated carbocycles. The zero-order chi connectivity index (χ0) is 16.0. The molecule has 0 heterocycles. The van der Waals surface area contributed by atoms with Crippen LogP contribution in [-0.2, 0) is 18.3 Å². The van der Waals surface area contributed by atoms with Gasteiger partial charge in [-0.1, -0.05) is 73.5 Å². The van der Waals surface area contributed by atoms with Crippen molar-refractivity contribution in [2.24, 2.45) is 5.92 Å². The van der Waals surface area contributed by atoms with E-state index in [-0.39, 0.29) is 5.41 Å². The van der Waals surface area contributed by atoms with Crippen molar-refractivity contribution in [1.82, 2.24) is 0 Å². The molecule has 24 heavy (non-hydrogen) atoms. The lowest BCUT2D eigenvalue weighted by atomic mass is 9.66. The number of rotatable bonds is 2. The van der Waals surface area contributed by atoms with Crippen LogP contribution in [0.15, 0.2) is 60.7 Å². The van der Waals surface area contributed by atoms with Gasteiger partial charge in [0, 0.05) is 5.41 Å². The first-order chi connectivity index (χ1) is 11.9. The Labute approximate surface area is 144 Å². The summed E-state index contributed by atoms with van der Waals surface area (Å²) >= 11 is 0. The molecule has 0 aromatic heterocycles. The van der Waals surface area contributed by atoms with Crippen molar-refractivity contribution >= 4 is 10.8 Å². The van der Waals surface area contributed by atoms with Gasteiger partial charge in [-0.05, 0) is 65.1 Å². The zero-order valence-corrected chi connectivity index (χ0v) is 14.1. The molecular weight excluding hydrogens is 288 g/mol. The van der Waals surface area contributed by atoms with E-state index in [1.807, 2.05) is 0 Å². The molecule has 2 aliphatic rings. The van der Waals surface area contributed by atoms with E-state index >= 15 is 0 Å². The molecule has 3 aromatic rings. The fourth-order valence-corrected chi connectivity index (χ4v) is 5.39. The summed E-state index contributed by atoms with van der Waals surface area (Å²) in [5.41, 5.74) is 4.84. The molecule has 0 amide bonds. The average Bonchev–Trinajstić information content (AvgIpc) is 3.29. The van der Waals surface area contributed by atoms with Crippen molar-refractivity contribution in [2.45, 2.75) is 43.9 Å². The molecule has 1 fully saturated rings. The van der Waals surface area contributed by atoms with Gasteiger partial charge in [0.25, 0.3) is 0 Å². The summed E-state index contributed by atoms with van der Waals surface area (Å²) in [4.78, 5) is 0. The Morgan fingerprint density at radius 2 is 1.67 bits per heavy atom. The van der Waals surface area contributed by atoms with Crippen molar-refractivity contribution < 1.29 is 0 Å². The molecule has 0 aliphatic heterocycles. The highest BCUT2D eigenvalue weighted by Gasteiger charge is 2.46. The maximum absolute atomic E-state index is 3.54. The molecule has 0 N–H and O–H groups in total. The first-order valence-corrected chi connectivity index (χ1v) is 9.33. The third-order valence-electron chi connectivity index (χ3n) is 6.50. The van der Waals surface area contributed by atoms with Crippen molar-refractivity contribution in [3.63, 3.8) is 0 Å². The summed E-state index contributed by atoms with van der Waals surface area (Å²) in [5, 5.41) is 2.84. The fraction of sp³-hybridized carbons (Fsp3) is 0.333. The highest BCUT2D eigenvalue weighted by molar-refractivity contribution is 5.87. The number of hydrogen-bond acceptors (Lipinski definition) is 0. The van der Waals surface area contributed by atoms with Gasteiger partial charge < -0.3 is 0 Å². The molecule has 119 valence electrons. The Balaban J connectivity index is 1.73. The van der Waals surface area contributed by atoms with Crippen molar-refractivity contribution in [2.75, 3.05) is 0 Å². The number of fused-ring (bicyclic) bond motifs is 2. The van der Waals surface area contributed by atoms with Crippen LogP contribution in [-0.4, -0.2) is 0 Å². The normalized spacial score (nSPS) is 19.7. The molecule has 0 saturated heterocycles. The van der Waals surface area contributed by atoms with Crippen LogP contribution in [0.1, 0.15) is 42.4 Å². The Hall–Kier alpha value is -2.08. The Bertz CT molecular complexity index is 853. The third-order valence-corrected chi connectivity index (χ3v) is 6.50. The van der Waals surface area contributed by atoms with Crippen LogP contribution < -0.4 is 0 Å². The summed E-state index contributed by atoms with van der Waals surface area (Å²) in [6.45, 7) is 0. The van der Waals surface area contributed by atoms with Crippen LogP contribution >= 0.6 is 0 Å². The average molecular weight is 311 g/mol. The minimum Gasteiger partial charge on any atom is -0.0616 e. The first-order valence-electron chi connectivity index (χ1n) is 9.33. The standard InChI is InChI=1S/C24H23/c1-2-10-20-17-24(16-19(20)9-1,21-12-4-5-13-21)23-15-7-11-18-8-3-6-14-22(18)23/h1-3,6-9,11,14-15,21H,4-5,12-13,16-17H2. The minimum absolute atomic E-state index is 0.275. The van der Waals surface area contributed by atoms with E-state index in [0.29, 0.717) is 0 Å². The van der Waals surface area contributed by atoms with Crippen molar-refractivity contribution in [3.05, 3.63) is 83.4 Å². The summed E-state index contributed by atoms with van der Waals surface area (Å²) in [6, 6.07) is 26.0. The second kappa shape index (κ2) is 5.48. The largest absolute Gasteiger partial charge is 0.0616 e. The van der Waals surface area contributed by atoms with Gasteiger partial charge in [0.2, 0.25) is 0 Å². The highest BCUT2D eigenvalue weighted by atomic mass is 14.5. The molecule has 1 radical (unpaired) electrons. The lowest BCUT2D eigenvalue weighted by Gasteiger charge is -2.37. The maximum atomic E-state index is 3.54. The van der Waals surface area contributed by atoms with E-state index in [2.05, 4.69) is 66.7 Å². The summed E-state index contributed by atoms with van der Waals surface area (Å²) in [7, 11) is 0. The van der Waals surface area contributed by atoms with Gasteiger partial charge in [-0.3, -0.25) is 0 Å². The molecule has 5 rings (SSSR count). The summed E-state index contributed by atoms with van der Waals surface area (Å²) in [6.07, 6.45) is 7.93. The lowest BCUT2D eigenvalue weighted by Crippen LogP contribution is -2.35. The molecule has 3 aromatic carbocycles. The van der Waals surface area contributed by atoms with Crippen LogP contribution in [0.2, 0.25) is 0 Å². The van der Waals surface area contributed by atoms with Gasteiger partial charge in [0.05, 0.1) is 0 Å². The van der Waals surface area contributed by atoms with Crippen LogP contribution in [0, 0.1) is 12.0 Å². The molecule has 0 nitrogen and oxygen atoms in total. The predicted molar refractivity (Wildman–Crippen MR) is 100 cm³/mol. The van der Waals surface area contributed by atoms with Crippen LogP contribution in [0.4, 0.5) is 0 Å². The van der Waals surface area contributed by atoms with E-state index in [9.17, 15) is 0 Å². The predicted octanol–water partition coefficient (Wildman–Crippen LogP) is 5.87. The monoisotopic (exact) mass is 311 g/mol. The first kappa shape index (κ1) is 14.3. The van der Waals surface area contributed by atoms with Crippen molar-refractivity contribution in [1.29, 1.82) is 0 Å². The third kappa shape index (κ3) is 2.05. The van der Waals surface area contributed by atoms with Crippen molar-refractivity contribution in [3.8, 4) is 0 Å². The van der Waals surface area contributed by atoms with Crippen LogP contribution in [0.3, 0.4) is 0 Å². The Kier molecular flexibility index (Phi) is 3.26. The van der Waals surface area contributed by atoms with Crippen LogP contribution in [0.5, 0.6) is 0 Å². The van der Waals surface area contributed by atoms with E-state index in [1.54, 1.807) is 5.56 Å². The molecule has 0 spiro atoms. The molecule has 2 aliphatic carbocycles. The second-order valence-electron chi connectivity index (χ2n) is 7.69. The highest BCUT2D eigenvalue weighted by Crippen LogP contribution is 2.51. The minimum atomic E-state index is 0.275. The van der Waals surface area contributed by atoms with Gasteiger partial charge in [-0.15, -0.1) is 0 Å². The topological polar surface area (TPSA) is 0 Å². The molecule has 1 atom stereocenters. The number of hydrogen-bond donors (Lipinski definition) is 0. The van der Waals surface area contributed by atoms with E-state index in [1.165, 1.54) is 60.4 Å². The Morgan fingerprint density at radius 1 is 0.833 bits per heavy atom. The lowest BCUT2D eigenvalue weighted by molar-refractivity contribution is 0.284. The van der Waals surface area contributed by atoms with E-state index in [0.717, 1.165) is 5.92 Å². The van der Waals surface area contributed by atoms with Gasteiger partial charge in [0.1, 0.15) is 0 Å². The zero-order valence-electron chi connectivity index (χ0n) is 14.1.